The molecule has 0 nitrogen and oxygen atoms in total. The Bertz CT molecular complexity index is 512. The van der Waals surface area contributed by atoms with Crippen molar-refractivity contribution in [3.05, 3.63) is 45.4 Å². The predicted octanol–water partition coefficient (Wildman–Crippen LogP) is -0.0403. The maximum atomic E-state index is 2.39. The third kappa shape index (κ3) is 5.82. The van der Waals surface area contributed by atoms with E-state index in [2.05, 4.69) is 90.3 Å². The molecule has 23 heavy (non-hydrogen) atoms. The molecular formula is C19H27Cl2STi. The van der Waals surface area contributed by atoms with E-state index in [1.54, 1.807) is 15.0 Å². The minimum absolute atomic E-state index is 0. The molecule has 0 aromatic heterocycles. The molecule has 1 atom stereocenters. The molecule has 0 fully saturated rings. The van der Waals surface area contributed by atoms with Gasteiger partial charge in [-0.25, -0.2) is 0 Å². The summed E-state index contributed by atoms with van der Waals surface area (Å²) >= 11 is 4.48. The number of halogens is 2. The van der Waals surface area contributed by atoms with E-state index in [1.807, 2.05) is 0 Å². The zero-order valence-corrected chi connectivity index (χ0v) is 18.5. The summed E-state index contributed by atoms with van der Waals surface area (Å²) in [6, 6.07) is 0. The van der Waals surface area contributed by atoms with E-state index >= 15 is 0 Å². The molecule has 0 radical (unpaired) electrons. The van der Waals surface area contributed by atoms with E-state index in [0.29, 0.717) is 0 Å². The van der Waals surface area contributed by atoms with E-state index in [0.717, 1.165) is 6.42 Å². The first-order valence-electron chi connectivity index (χ1n) is 8.01. The van der Waals surface area contributed by atoms with Crippen LogP contribution in [0.5, 0.6) is 0 Å². The Morgan fingerprint density at radius 3 is 2.43 bits per heavy atom. The van der Waals surface area contributed by atoms with Gasteiger partial charge in [-0.2, -0.15) is 0 Å². The molecule has 0 saturated carbocycles. The molecule has 0 aliphatic heterocycles. The number of thioether (sulfide) groups is 1. The average Bonchev–Trinajstić information content (AvgIpc) is 2.81. The van der Waals surface area contributed by atoms with Crippen molar-refractivity contribution >= 4 is 11.8 Å². The van der Waals surface area contributed by atoms with Gasteiger partial charge in [0.15, 0.2) is 0 Å². The van der Waals surface area contributed by atoms with Gasteiger partial charge in [0.05, 0.1) is 0 Å². The van der Waals surface area contributed by atoms with Crippen LogP contribution in [0.1, 0.15) is 53.4 Å². The number of allylic oxidation sites excluding steroid dienone is 7. The van der Waals surface area contributed by atoms with Gasteiger partial charge >= 0.3 is 147 Å². The number of hydrogen-bond donors (Lipinski definition) is 0. The van der Waals surface area contributed by atoms with Gasteiger partial charge in [0, 0.05) is 0 Å². The predicted molar refractivity (Wildman–Crippen MR) is 92.2 cm³/mol. The van der Waals surface area contributed by atoms with Crippen LogP contribution in [0.2, 0.25) is 0 Å². The Morgan fingerprint density at radius 2 is 1.91 bits per heavy atom. The maximum Gasteiger partial charge on any atom is -1.00 e. The van der Waals surface area contributed by atoms with Gasteiger partial charge < -0.3 is 24.8 Å². The summed E-state index contributed by atoms with van der Waals surface area (Å²) in [5.74, 6) is 1.25. The standard InChI is InChI=1S/C19H27S.2ClH.Ti/c1-5-14-20-19(15-16-10-6-7-11-16)13-9-8-12-17(19)18(2,3)4;;;/h6,8-10,12H,5,7,13-15H2,1-4H3;2*1H;/q;;;+2/p-2. The summed E-state index contributed by atoms with van der Waals surface area (Å²) in [7, 11) is 0. The van der Waals surface area contributed by atoms with Crippen LogP contribution in [0.3, 0.4) is 0 Å². The van der Waals surface area contributed by atoms with Crippen LogP contribution < -0.4 is 24.8 Å². The maximum absolute atomic E-state index is 2.39. The van der Waals surface area contributed by atoms with Gasteiger partial charge in [0.25, 0.3) is 0 Å². The second-order valence-corrected chi connectivity index (χ2v) is 9.51. The molecule has 0 N–H and O–H groups in total. The average molecular weight is 406 g/mol. The van der Waals surface area contributed by atoms with Crippen LogP contribution >= 0.6 is 11.8 Å². The van der Waals surface area contributed by atoms with Crippen molar-refractivity contribution in [3.8, 4) is 0 Å². The third-order valence-corrected chi connectivity index (χ3v) is 6.75. The molecule has 0 spiro atoms. The second-order valence-electron chi connectivity index (χ2n) is 7.09. The molecular weight excluding hydrogens is 379 g/mol. The molecule has 0 heterocycles. The van der Waals surface area contributed by atoms with Crippen molar-refractivity contribution < 1.29 is 45.2 Å². The first kappa shape index (κ1) is 23.6. The monoisotopic (exact) mass is 405 g/mol. The quantitative estimate of drug-likeness (QED) is 0.578. The van der Waals surface area contributed by atoms with E-state index in [-0.39, 0.29) is 35.0 Å². The van der Waals surface area contributed by atoms with Crippen LogP contribution in [-0.4, -0.2) is 10.5 Å². The third-order valence-electron chi connectivity index (χ3n) is 4.23. The number of hydrogen-bond acceptors (Lipinski definition) is 1. The SMILES string of the molecule is CCCSC1(CC2=[C]([Ti+2])CC=C2)CC=CC=C1C(C)(C)C.[Cl-].[Cl-]. The fourth-order valence-electron chi connectivity index (χ4n) is 3.29. The first-order chi connectivity index (χ1) is 9.89. The van der Waals surface area contributed by atoms with Gasteiger partial charge in [-0.15, -0.1) is 0 Å². The van der Waals surface area contributed by atoms with E-state index in [9.17, 15) is 0 Å². The Labute approximate surface area is 170 Å². The Kier molecular flexibility index (Phi) is 10.2. The fourth-order valence-corrected chi connectivity index (χ4v) is 5.34. The Hall–Kier alpha value is 0.604. The molecule has 127 valence electrons. The first-order valence-corrected chi connectivity index (χ1v) is 9.77. The molecule has 4 heteroatoms. The van der Waals surface area contributed by atoms with Crippen LogP contribution in [0.15, 0.2) is 45.4 Å². The molecule has 2 aliphatic rings. The summed E-state index contributed by atoms with van der Waals surface area (Å²) in [5, 5.41) is 0. The smallest absolute Gasteiger partial charge is 1.00 e. The molecule has 0 aromatic carbocycles. The van der Waals surface area contributed by atoms with Crippen molar-refractivity contribution in [2.24, 2.45) is 5.41 Å². The van der Waals surface area contributed by atoms with Crippen molar-refractivity contribution in [1.29, 1.82) is 0 Å². The van der Waals surface area contributed by atoms with Crippen molar-refractivity contribution in [2.45, 2.75) is 58.1 Å². The molecule has 2 aliphatic carbocycles. The van der Waals surface area contributed by atoms with E-state index in [4.69, 9.17) is 0 Å². The summed E-state index contributed by atoms with van der Waals surface area (Å²) < 4.78 is 1.82. The molecule has 1 unspecified atom stereocenters. The normalized spacial score (nSPS) is 23.5. The van der Waals surface area contributed by atoms with Crippen LogP contribution in [0, 0.1) is 5.41 Å². The zero-order chi connectivity index (χ0) is 15.5. The minimum Gasteiger partial charge on any atom is -1.00 e. The molecule has 2 rings (SSSR count). The molecule has 0 aromatic rings. The van der Waals surface area contributed by atoms with Crippen molar-refractivity contribution in [2.75, 3.05) is 5.75 Å². The van der Waals surface area contributed by atoms with Crippen molar-refractivity contribution in [1.82, 2.24) is 0 Å². The second kappa shape index (κ2) is 9.92. The molecule has 0 amide bonds. The Morgan fingerprint density at radius 1 is 1.22 bits per heavy atom. The van der Waals surface area contributed by atoms with Gasteiger partial charge in [-0.1, -0.05) is 0 Å². The summed E-state index contributed by atoms with van der Waals surface area (Å²) in [6.45, 7) is 9.39. The molecule has 0 saturated heterocycles. The van der Waals surface area contributed by atoms with E-state index in [1.165, 1.54) is 25.0 Å². The van der Waals surface area contributed by atoms with Gasteiger partial charge in [-0.3, -0.25) is 0 Å². The van der Waals surface area contributed by atoms with E-state index < -0.39 is 0 Å². The van der Waals surface area contributed by atoms with Crippen molar-refractivity contribution in [3.63, 3.8) is 0 Å². The fraction of sp³-hybridized carbons (Fsp3) is 0.579. The van der Waals surface area contributed by atoms with Crippen LogP contribution in [0.4, 0.5) is 0 Å². The minimum atomic E-state index is 0. The van der Waals surface area contributed by atoms with Crippen LogP contribution in [0.25, 0.3) is 0 Å². The summed E-state index contributed by atoms with van der Waals surface area (Å²) in [5.41, 5.74) is 3.43. The number of rotatable bonds is 5. The Balaban J connectivity index is 0.00000242. The van der Waals surface area contributed by atoms with Gasteiger partial charge in [0.1, 0.15) is 0 Å². The topological polar surface area (TPSA) is 0 Å². The molecule has 0 bridgehead atoms. The summed E-state index contributed by atoms with van der Waals surface area (Å²) in [6.07, 6.45) is 16.5. The largest absolute Gasteiger partial charge is 1.00 e. The van der Waals surface area contributed by atoms with Gasteiger partial charge in [-0.05, 0) is 0 Å². The summed E-state index contributed by atoms with van der Waals surface area (Å²) in [4.78, 5) is 0. The van der Waals surface area contributed by atoms with Gasteiger partial charge in [0.2, 0.25) is 0 Å². The zero-order valence-electron chi connectivity index (χ0n) is 14.6. The van der Waals surface area contributed by atoms with Crippen LogP contribution in [-0.2, 0) is 20.4 Å².